The van der Waals surface area contributed by atoms with Crippen molar-refractivity contribution in [3.8, 4) is 0 Å². The van der Waals surface area contributed by atoms with Gasteiger partial charge in [-0.1, -0.05) is 35.5 Å². The van der Waals surface area contributed by atoms with Crippen LogP contribution in [0.4, 0.5) is 0 Å². The molecule has 0 bridgehead atoms. The summed E-state index contributed by atoms with van der Waals surface area (Å²) < 4.78 is 5.53. The highest BCUT2D eigenvalue weighted by atomic mass is 16.5. The Morgan fingerprint density at radius 2 is 1.96 bits per heavy atom. The Labute approximate surface area is 166 Å². The fraction of sp³-hybridized carbons (Fsp3) is 0.571. The topological polar surface area (TPSA) is 74.5 Å². The molecule has 1 N–H and O–H groups in total. The minimum atomic E-state index is -0.0965. The smallest absolute Gasteiger partial charge is 0.249 e. The first-order chi connectivity index (χ1) is 13.7. The van der Waals surface area contributed by atoms with E-state index < -0.39 is 0 Å². The molecular formula is C21H29N5O2. The number of amides is 1. The molecule has 2 saturated heterocycles. The number of carbonyl (C=O) groups is 1. The van der Waals surface area contributed by atoms with Crippen molar-refractivity contribution >= 4 is 5.91 Å². The Morgan fingerprint density at radius 3 is 2.75 bits per heavy atom. The van der Waals surface area contributed by atoms with Crippen molar-refractivity contribution in [2.75, 3.05) is 26.7 Å². The number of piperidine rings is 1. The van der Waals surface area contributed by atoms with Crippen LogP contribution in [0.15, 0.2) is 34.9 Å². The molecule has 150 valence electrons. The summed E-state index contributed by atoms with van der Waals surface area (Å²) in [5.74, 6) is 1.42. The zero-order valence-corrected chi connectivity index (χ0v) is 16.5. The van der Waals surface area contributed by atoms with Crippen molar-refractivity contribution in [2.24, 2.45) is 0 Å². The van der Waals surface area contributed by atoms with Crippen LogP contribution in [0.2, 0.25) is 0 Å². The molecule has 4 rings (SSSR count). The van der Waals surface area contributed by atoms with Crippen molar-refractivity contribution in [2.45, 2.75) is 50.7 Å². The van der Waals surface area contributed by atoms with Gasteiger partial charge in [-0.3, -0.25) is 4.79 Å². The molecule has 28 heavy (non-hydrogen) atoms. The maximum Gasteiger partial charge on any atom is 0.249 e. The molecule has 1 aromatic heterocycles. The van der Waals surface area contributed by atoms with Crippen molar-refractivity contribution in [1.29, 1.82) is 0 Å². The molecule has 7 nitrogen and oxygen atoms in total. The van der Waals surface area contributed by atoms with E-state index in [1.807, 2.05) is 23.1 Å². The normalized spacial score (nSPS) is 21.5. The van der Waals surface area contributed by atoms with Gasteiger partial charge in [0.1, 0.15) is 6.04 Å². The Morgan fingerprint density at radius 1 is 1.18 bits per heavy atom. The van der Waals surface area contributed by atoms with Crippen LogP contribution < -0.4 is 5.32 Å². The van der Waals surface area contributed by atoms with Crippen LogP contribution in [-0.2, 0) is 17.8 Å². The number of nitrogens with zero attached hydrogens (tertiary/aromatic N) is 4. The van der Waals surface area contributed by atoms with Crippen LogP contribution in [0.5, 0.6) is 0 Å². The predicted octanol–water partition coefficient (Wildman–Crippen LogP) is 2.16. The standard InChI is InChI=1S/C21H29N5O2/c1-25-12-10-17(11-13-25)22-15-19-23-21(28-24-19)18-7-8-20(27)26(18)14-9-16-5-3-2-4-6-16/h2-6,17-18,22H,7-15H2,1H3/t18-/m0/s1. The zero-order valence-electron chi connectivity index (χ0n) is 16.5. The Hall–Kier alpha value is -2.25. The number of aromatic nitrogens is 2. The lowest BCUT2D eigenvalue weighted by Gasteiger charge is -2.29. The molecule has 0 unspecified atom stereocenters. The summed E-state index contributed by atoms with van der Waals surface area (Å²) in [4.78, 5) is 21.2. The first-order valence-corrected chi connectivity index (χ1v) is 10.3. The van der Waals surface area contributed by atoms with Gasteiger partial charge in [-0.05, 0) is 51.4 Å². The van der Waals surface area contributed by atoms with Gasteiger partial charge in [0, 0.05) is 19.0 Å². The maximum absolute atomic E-state index is 12.4. The van der Waals surface area contributed by atoms with Crippen LogP contribution in [0.1, 0.15) is 49.0 Å². The molecule has 1 amide bonds. The number of rotatable bonds is 7. The van der Waals surface area contributed by atoms with Gasteiger partial charge in [-0.25, -0.2) is 0 Å². The van der Waals surface area contributed by atoms with Gasteiger partial charge < -0.3 is 19.6 Å². The monoisotopic (exact) mass is 383 g/mol. The van der Waals surface area contributed by atoms with Gasteiger partial charge in [0.05, 0.1) is 6.54 Å². The lowest BCUT2D eigenvalue weighted by molar-refractivity contribution is -0.129. The molecule has 2 aliphatic rings. The number of carbonyl (C=O) groups excluding carboxylic acids is 1. The number of hydrogen-bond donors (Lipinski definition) is 1. The first kappa shape index (κ1) is 19.1. The van der Waals surface area contributed by atoms with Gasteiger partial charge in [0.15, 0.2) is 5.82 Å². The molecule has 7 heteroatoms. The average molecular weight is 383 g/mol. The Bertz CT molecular complexity index is 770. The highest BCUT2D eigenvalue weighted by molar-refractivity contribution is 5.78. The molecule has 0 spiro atoms. The van der Waals surface area contributed by atoms with E-state index in [1.165, 1.54) is 5.56 Å². The quantitative estimate of drug-likeness (QED) is 0.790. The summed E-state index contributed by atoms with van der Waals surface area (Å²) in [7, 11) is 2.16. The van der Waals surface area contributed by atoms with Gasteiger partial charge >= 0.3 is 0 Å². The second-order valence-corrected chi connectivity index (χ2v) is 7.88. The number of benzene rings is 1. The van der Waals surface area contributed by atoms with Gasteiger partial charge in [0.2, 0.25) is 11.8 Å². The summed E-state index contributed by atoms with van der Waals surface area (Å²) >= 11 is 0. The summed E-state index contributed by atoms with van der Waals surface area (Å²) in [6.45, 7) is 3.53. The lowest BCUT2D eigenvalue weighted by atomic mass is 10.1. The molecule has 2 aliphatic heterocycles. The zero-order chi connectivity index (χ0) is 19.3. The van der Waals surface area contributed by atoms with Gasteiger partial charge in [-0.15, -0.1) is 0 Å². The largest absolute Gasteiger partial charge is 0.337 e. The molecule has 0 radical (unpaired) electrons. The third kappa shape index (κ3) is 4.59. The molecule has 0 saturated carbocycles. The molecule has 1 aromatic carbocycles. The van der Waals surface area contributed by atoms with Crippen molar-refractivity contribution < 1.29 is 9.32 Å². The molecule has 0 aliphatic carbocycles. The van der Waals surface area contributed by atoms with Gasteiger partial charge in [0.25, 0.3) is 0 Å². The van der Waals surface area contributed by atoms with Crippen LogP contribution in [0, 0.1) is 0 Å². The fourth-order valence-electron chi connectivity index (χ4n) is 4.09. The summed E-state index contributed by atoms with van der Waals surface area (Å²) in [6.07, 6.45) is 4.42. The lowest BCUT2D eigenvalue weighted by Crippen LogP contribution is -2.40. The minimum absolute atomic E-state index is 0.0965. The van der Waals surface area contributed by atoms with Crippen LogP contribution in [-0.4, -0.2) is 58.6 Å². The van der Waals surface area contributed by atoms with Crippen molar-refractivity contribution in [1.82, 2.24) is 25.3 Å². The molecule has 1 atom stereocenters. The van der Waals surface area contributed by atoms with E-state index in [1.54, 1.807) is 0 Å². The predicted molar refractivity (Wildman–Crippen MR) is 105 cm³/mol. The SMILES string of the molecule is CN1CCC(NCc2noc([C@@H]3CCC(=O)N3CCc3ccccc3)n2)CC1. The third-order valence-electron chi connectivity index (χ3n) is 5.85. The van der Waals surface area contributed by atoms with Crippen LogP contribution in [0.3, 0.4) is 0 Å². The second kappa shape index (κ2) is 8.84. The highest BCUT2D eigenvalue weighted by Gasteiger charge is 2.35. The molecular weight excluding hydrogens is 354 g/mol. The first-order valence-electron chi connectivity index (χ1n) is 10.3. The van der Waals surface area contributed by atoms with Crippen molar-refractivity contribution in [3.63, 3.8) is 0 Å². The second-order valence-electron chi connectivity index (χ2n) is 7.88. The van der Waals surface area contributed by atoms with E-state index >= 15 is 0 Å². The fourth-order valence-corrected chi connectivity index (χ4v) is 4.09. The summed E-state index contributed by atoms with van der Waals surface area (Å²) in [6, 6.07) is 10.7. The van der Waals surface area contributed by atoms with E-state index in [9.17, 15) is 4.79 Å². The average Bonchev–Trinajstić information content (AvgIpc) is 3.33. The Balaban J connectivity index is 1.33. The summed E-state index contributed by atoms with van der Waals surface area (Å²) in [5, 5.41) is 7.68. The number of likely N-dealkylation sites (tertiary alicyclic amines) is 2. The van der Waals surface area contributed by atoms with Crippen LogP contribution >= 0.6 is 0 Å². The van der Waals surface area contributed by atoms with E-state index in [-0.39, 0.29) is 11.9 Å². The highest BCUT2D eigenvalue weighted by Crippen LogP contribution is 2.31. The van der Waals surface area contributed by atoms with E-state index in [0.717, 1.165) is 38.8 Å². The number of hydrogen-bond acceptors (Lipinski definition) is 6. The van der Waals surface area contributed by atoms with E-state index in [4.69, 9.17) is 4.52 Å². The third-order valence-corrected chi connectivity index (χ3v) is 5.85. The van der Waals surface area contributed by atoms with E-state index in [0.29, 0.717) is 37.3 Å². The van der Waals surface area contributed by atoms with Gasteiger partial charge in [-0.2, -0.15) is 4.98 Å². The minimum Gasteiger partial charge on any atom is -0.337 e. The Kier molecular flexibility index (Phi) is 6.02. The van der Waals surface area contributed by atoms with E-state index in [2.05, 4.69) is 39.5 Å². The van der Waals surface area contributed by atoms with Crippen LogP contribution in [0.25, 0.3) is 0 Å². The summed E-state index contributed by atoms with van der Waals surface area (Å²) in [5.41, 5.74) is 1.23. The number of nitrogens with one attached hydrogen (secondary N) is 1. The van der Waals surface area contributed by atoms with Crippen molar-refractivity contribution in [3.05, 3.63) is 47.6 Å². The molecule has 2 fully saturated rings. The molecule has 3 heterocycles. The molecule has 2 aromatic rings. The maximum atomic E-state index is 12.4.